The molecule has 0 aliphatic heterocycles. The number of carbonyl (C=O) groups is 2. The molecule has 2 heterocycles. The van der Waals surface area contributed by atoms with E-state index in [9.17, 15) is 9.59 Å². The van der Waals surface area contributed by atoms with Gasteiger partial charge in [0.2, 0.25) is 0 Å². The third kappa shape index (κ3) is 3.02. The van der Waals surface area contributed by atoms with Crippen LogP contribution in [0.5, 0.6) is 0 Å². The molecule has 0 aliphatic rings. The van der Waals surface area contributed by atoms with E-state index in [-0.39, 0.29) is 24.3 Å². The van der Waals surface area contributed by atoms with Crippen molar-refractivity contribution in [3.05, 3.63) is 36.0 Å². The molecule has 0 bridgehead atoms. The van der Waals surface area contributed by atoms with Crippen molar-refractivity contribution < 1.29 is 14.0 Å². The minimum atomic E-state index is -0.469. The summed E-state index contributed by atoms with van der Waals surface area (Å²) in [7, 11) is 0. The maximum atomic E-state index is 11.8. The van der Waals surface area contributed by atoms with Crippen LogP contribution in [-0.4, -0.2) is 28.6 Å². The van der Waals surface area contributed by atoms with Crippen molar-refractivity contribution in [3.63, 3.8) is 0 Å². The first-order valence-corrected chi connectivity index (χ1v) is 5.75. The van der Waals surface area contributed by atoms with Gasteiger partial charge in [-0.15, -0.1) is 0 Å². The first-order valence-electron chi connectivity index (χ1n) is 5.75. The number of aromatic nitrogens is 2. The highest BCUT2D eigenvalue weighted by atomic mass is 16.3. The van der Waals surface area contributed by atoms with Crippen LogP contribution in [0.25, 0.3) is 0 Å². The Labute approximate surface area is 113 Å². The molecule has 8 heteroatoms. The SMILES string of the molecule is N#CCCNC(=O)c1n[nH]cc1NC(=O)c1ccoc1. The van der Waals surface area contributed by atoms with E-state index in [2.05, 4.69) is 20.8 Å². The van der Waals surface area contributed by atoms with Crippen LogP contribution in [0.3, 0.4) is 0 Å². The molecule has 2 aromatic heterocycles. The molecule has 0 fully saturated rings. The number of rotatable bonds is 5. The Morgan fingerprint density at radius 3 is 3.00 bits per heavy atom. The van der Waals surface area contributed by atoms with Gasteiger partial charge >= 0.3 is 0 Å². The van der Waals surface area contributed by atoms with Gasteiger partial charge < -0.3 is 15.1 Å². The Morgan fingerprint density at radius 2 is 2.30 bits per heavy atom. The number of aromatic amines is 1. The zero-order chi connectivity index (χ0) is 14.4. The zero-order valence-electron chi connectivity index (χ0n) is 10.3. The lowest BCUT2D eigenvalue weighted by Gasteiger charge is -2.04. The Hall–Kier alpha value is -3.08. The van der Waals surface area contributed by atoms with E-state index in [4.69, 9.17) is 9.68 Å². The number of nitrogens with one attached hydrogen (secondary N) is 3. The van der Waals surface area contributed by atoms with Crippen LogP contribution in [0.15, 0.2) is 29.2 Å². The van der Waals surface area contributed by atoms with Crippen LogP contribution in [0, 0.1) is 11.3 Å². The average molecular weight is 273 g/mol. The number of nitriles is 1. The van der Waals surface area contributed by atoms with E-state index in [1.54, 1.807) is 0 Å². The summed E-state index contributed by atoms with van der Waals surface area (Å²) in [6.45, 7) is 0.220. The van der Waals surface area contributed by atoms with Crippen LogP contribution >= 0.6 is 0 Å². The third-order valence-electron chi connectivity index (χ3n) is 2.41. The molecule has 0 atom stereocenters. The second-order valence-corrected chi connectivity index (χ2v) is 3.78. The molecule has 0 saturated carbocycles. The lowest BCUT2D eigenvalue weighted by atomic mass is 10.3. The molecule has 102 valence electrons. The van der Waals surface area contributed by atoms with Crippen molar-refractivity contribution in [2.24, 2.45) is 0 Å². The number of amides is 2. The number of nitrogens with zero attached hydrogens (tertiary/aromatic N) is 2. The highest BCUT2D eigenvalue weighted by Crippen LogP contribution is 2.13. The van der Waals surface area contributed by atoms with Crippen molar-refractivity contribution in [3.8, 4) is 6.07 Å². The topological polar surface area (TPSA) is 124 Å². The second kappa shape index (κ2) is 6.19. The molecule has 20 heavy (non-hydrogen) atoms. The molecule has 2 amide bonds. The van der Waals surface area contributed by atoms with Gasteiger partial charge in [0.15, 0.2) is 5.69 Å². The van der Waals surface area contributed by atoms with E-state index < -0.39 is 11.8 Å². The minimum Gasteiger partial charge on any atom is -0.472 e. The molecule has 0 radical (unpaired) electrons. The maximum Gasteiger partial charge on any atom is 0.273 e. The lowest BCUT2D eigenvalue weighted by molar-refractivity contribution is 0.0950. The Bertz CT molecular complexity index is 638. The number of carbonyl (C=O) groups excluding carboxylic acids is 2. The predicted molar refractivity (Wildman–Crippen MR) is 67.8 cm³/mol. The fourth-order valence-electron chi connectivity index (χ4n) is 1.46. The first-order chi connectivity index (χ1) is 9.72. The molecule has 0 spiro atoms. The summed E-state index contributed by atoms with van der Waals surface area (Å²) in [6, 6.07) is 3.41. The van der Waals surface area contributed by atoms with E-state index >= 15 is 0 Å². The standard InChI is InChI=1S/C12H11N5O3/c13-3-1-4-14-12(19)10-9(6-15-17-10)16-11(18)8-2-5-20-7-8/h2,5-7H,1,4H2,(H,14,19)(H,15,17)(H,16,18). The molecule has 2 rings (SSSR count). The van der Waals surface area contributed by atoms with Crippen molar-refractivity contribution >= 4 is 17.5 Å². The van der Waals surface area contributed by atoms with Crippen LogP contribution in [-0.2, 0) is 0 Å². The molecule has 0 aliphatic carbocycles. The van der Waals surface area contributed by atoms with Gasteiger partial charge in [-0.25, -0.2) is 0 Å². The molecular formula is C12H11N5O3. The van der Waals surface area contributed by atoms with Gasteiger partial charge in [0, 0.05) is 12.7 Å². The maximum absolute atomic E-state index is 11.8. The van der Waals surface area contributed by atoms with Crippen LogP contribution in [0.1, 0.15) is 27.3 Å². The van der Waals surface area contributed by atoms with E-state index in [0.29, 0.717) is 5.56 Å². The first kappa shape index (κ1) is 13.4. The van der Waals surface area contributed by atoms with E-state index in [1.807, 2.05) is 6.07 Å². The van der Waals surface area contributed by atoms with Crippen molar-refractivity contribution in [2.45, 2.75) is 6.42 Å². The largest absolute Gasteiger partial charge is 0.472 e. The smallest absolute Gasteiger partial charge is 0.273 e. The summed E-state index contributed by atoms with van der Waals surface area (Å²) in [6.07, 6.45) is 4.27. The average Bonchev–Trinajstić information content (AvgIpc) is 3.09. The number of hydrogen-bond donors (Lipinski definition) is 3. The molecule has 2 aromatic rings. The minimum absolute atomic E-state index is 0.0554. The predicted octanol–water partition coefficient (Wildman–Crippen LogP) is 0.898. The molecular weight excluding hydrogens is 262 g/mol. The van der Waals surface area contributed by atoms with Gasteiger partial charge in [-0.3, -0.25) is 14.7 Å². The molecule has 8 nitrogen and oxygen atoms in total. The number of hydrogen-bond acceptors (Lipinski definition) is 5. The molecule has 0 saturated heterocycles. The Balaban J connectivity index is 2.03. The van der Waals surface area contributed by atoms with Crippen LogP contribution in [0.2, 0.25) is 0 Å². The fourth-order valence-corrected chi connectivity index (χ4v) is 1.46. The lowest BCUT2D eigenvalue weighted by Crippen LogP contribution is -2.26. The van der Waals surface area contributed by atoms with Gasteiger partial charge in [0.25, 0.3) is 11.8 Å². The third-order valence-corrected chi connectivity index (χ3v) is 2.41. The van der Waals surface area contributed by atoms with Crippen molar-refractivity contribution in [1.29, 1.82) is 5.26 Å². The number of anilines is 1. The zero-order valence-corrected chi connectivity index (χ0v) is 10.3. The number of furan rings is 1. The highest BCUT2D eigenvalue weighted by molar-refractivity contribution is 6.07. The normalized spacial score (nSPS) is 9.75. The molecule has 3 N–H and O–H groups in total. The van der Waals surface area contributed by atoms with Gasteiger partial charge in [0.1, 0.15) is 6.26 Å². The number of H-pyrrole nitrogens is 1. The summed E-state index contributed by atoms with van der Waals surface area (Å²) in [5.74, 6) is -0.879. The molecule has 0 unspecified atom stereocenters. The monoisotopic (exact) mass is 273 g/mol. The Kier molecular flexibility index (Phi) is 4.14. The summed E-state index contributed by atoms with van der Waals surface area (Å²) in [5, 5.41) is 19.7. The van der Waals surface area contributed by atoms with E-state index in [1.165, 1.54) is 24.8 Å². The Morgan fingerprint density at radius 1 is 1.45 bits per heavy atom. The summed E-state index contributed by atoms with van der Waals surface area (Å²) < 4.78 is 4.80. The van der Waals surface area contributed by atoms with Crippen LogP contribution in [0.4, 0.5) is 5.69 Å². The quantitative estimate of drug-likeness (QED) is 0.698. The van der Waals surface area contributed by atoms with Gasteiger partial charge in [-0.1, -0.05) is 0 Å². The van der Waals surface area contributed by atoms with Gasteiger partial charge in [-0.05, 0) is 6.07 Å². The summed E-state index contributed by atoms with van der Waals surface area (Å²) in [5.41, 5.74) is 0.646. The van der Waals surface area contributed by atoms with Crippen molar-refractivity contribution in [2.75, 3.05) is 11.9 Å². The highest BCUT2D eigenvalue weighted by Gasteiger charge is 2.17. The van der Waals surface area contributed by atoms with Gasteiger partial charge in [0.05, 0.1) is 30.0 Å². The molecule has 0 aromatic carbocycles. The summed E-state index contributed by atoms with van der Waals surface area (Å²) in [4.78, 5) is 23.6. The fraction of sp³-hybridized carbons (Fsp3) is 0.167. The summed E-state index contributed by atoms with van der Waals surface area (Å²) >= 11 is 0. The van der Waals surface area contributed by atoms with Crippen molar-refractivity contribution in [1.82, 2.24) is 15.5 Å². The van der Waals surface area contributed by atoms with Gasteiger partial charge in [-0.2, -0.15) is 10.4 Å². The van der Waals surface area contributed by atoms with Crippen LogP contribution < -0.4 is 10.6 Å². The van der Waals surface area contributed by atoms with E-state index in [0.717, 1.165) is 0 Å². The second-order valence-electron chi connectivity index (χ2n) is 3.78.